The van der Waals surface area contributed by atoms with Gasteiger partial charge in [0.1, 0.15) is 0 Å². The highest BCUT2D eigenvalue weighted by Crippen LogP contribution is 2.20. The molecular weight excluding hydrogens is 342 g/mol. The molecule has 27 heavy (non-hydrogen) atoms. The van der Waals surface area contributed by atoms with Crippen LogP contribution in [0.15, 0.2) is 54.6 Å². The van der Waals surface area contributed by atoms with Crippen LogP contribution in [0.25, 0.3) is 5.69 Å². The fraction of sp³-hybridized carbons (Fsp3) is 0.143. The van der Waals surface area contributed by atoms with Crippen molar-refractivity contribution in [3.05, 3.63) is 77.1 Å². The number of nitrogens with one attached hydrogen (secondary N) is 1. The largest absolute Gasteiger partial charge is 0.318 e. The van der Waals surface area contributed by atoms with Crippen LogP contribution in [0.2, 0.25) is 0 Å². The van der Waals surface area contributed by atoms with Crippen molar-refractivity contribution in [1.29, 1.82) is 0 Å². The summed E-state index contributed by atoms with van der Waals surface area (Å²) in [6, 6.07) is 16.0. The summed E-state index contributed by atoms with van der Waals surface area (Å²) in [7, 11) is 0. The zero-order valence-electron chi connectivity index (χ0n) is 15.3. The van der Waals surface area contributed by atoms with E-state index >= 15 is 0 Å². The quantitative estimate of drug-likeness (QED) is 0.557. The van der Waals surface area contributed by atoms with E-state index in [9.17, 15) is 14.4 Å². The van der Waals surface area contributed by atoms with Gasteiger partial charge in [-0.1, -0.05) is 30.3 Å². The summed E-state index contributed by atoms with van der Waals surface area (Å²) in [5.41, 5.74) is 2.78. The van der Waals surface area contributed by atoms with Crippen molar-refractivity contribution >= 4 is 23.2 Å². The first kappa shape index (κ1) is 18.3. The average Bonchev–Trinajstić information content (AvgIpc) is 2.96. The van der Waals surface area contributed by atoms with Crippen LogP contribution >= 0.6 is 0 Å². The lowest BCUT2D eigenvalue weighted by atomic mass is 10.1. The number of carbonyl (C=O) groups is 3. The third kappa shape index (κ3) is 3.55. The number of Topliss-reactive ketones (excluding diaryl/α,β-unsaturated/α-hetero) is 2. The van der Waals surface area contributed by atoms with Gasteiger partial charge >= 0.3 is 0 Å². The van der Waals surface area contributed by atoms with Crippen LogP contribution in [-0.2, 0) is 4.79 Å². The lowest BCUT2D eigenvalue weighted by Crippen LogP contribution is -2.25. The van der Waals surface area contributed by atoms with Crippen LogP contribution in [0.1, 0.15) is 39.0 Å². The molecule has 0 spiro atoms. The molecule has 0 atom stereocenters. The van der Waals surface area contributed by atoms with E-state index in [-0.39, 0.29) is 11.3 Å². The lowest BCUT2D eigenvalue weighted by Gasteiger charge is -2.09. The number of ketones is 2. The maximum atomic E-state index is 12.8. The van der Waals surface area contributed by atoms with E-state index in [2.05, 4.69) is 10.4 Å². The van der Waals surface area contributed by atoms with Gasteiger partial charge in [0, 0.05) is 5.56 Å². The monoisotopic (exact) mass is 361 g/mol. The third-order valence-electron chi connectivity index (χ3n) is 4.28. The molecule has 0 aliphatic heterocycles. The Kier molecular flexibility index (Phi) is 4.98. The zero-order chi connectivity index (χ0) is 19.6. The molecule has 0 aliphatic carbocycles. The van der Waals surface area contributed by atoms with E-state index in [4.69, 9.17) is 0 Å². The molecule has 0 aliphatic rings. The Morgan fingerprint density at radius 2 is 1.56 bits per heavy atom. The molecule has 2 aromatic carbocycles. The molecule has 0 radical (unpaired) electrons. The van der Waals surface area contributed by atoms with Gasteiger partial charge in [0.25, 0.3) is 11.7 Å². The molecule has 0 fully saturated rings. The van der Waals surface area contributed by atoms with Gasteiger partial charge in [-0.2, -0.15) is 5.10 Å². The maximum Gasteiger partial charge on any atom is 0.296 e. The molecular formula is C21H19N3O3. The second-order valence-corrected chi connectivity index (χ2v) is 6.18. The number of carbonyl (C=O) groups excluding carboxylic acids is 3. The predicted molar refractivity (Wildman–Crippen MR) is 102 cm³/mol. The van der Waals surface area contributed by atoms with Gasteiger partial charge < -0.3 is 5.32 Å². The molecule has 1 N–H and O–H groups in total. The van der Waals surface area contributed by atoms with E-state index < -0.39 is 11.7 Å². The summed E-state index contributed by atoms with van der Waals surface area (Å²) in [4.78, 5) is 37.0. The van der Waals surface area contributed by atoms with Crippen LogP contribution in [0.5, 0.6) is 0 Å². The van der Waals surface area contributed by atoms with Crippen LogP contribution in [0.3, 0.4) is 0 Å². The number of aromatic nitrogens is 2. The number of hydrogen-bond acceptors (Lipinski definition) is 4. The molecule has 1 heterocycles. The Morgan fingerprint density at radius 3 is 2.22 bits per heavy atom. The van der Waals surface area contributed by atoms with Crippen LogP contribution in [0.4, 0.5) is 5.69 Å². The van der Waals surface area contributed by atoms with Gasteiger partial charge in [-0.15, -0.1) is 0 Å². The summed E-state index contributed by atoms with van der Waals surface area (Å²) in [6.45, 7) is 4.85. The van der Waals surface area contributed by atoms with Crippen molar-refractivity contribution in [1.82, 2.24) is 9.78 Å². The predicted octanol–water partition coefficient (Wildman–Crippen LogP) is 3.51. The SMILES string of the molecule is CC(=O)c1ccccc1NC(=O)C(=O)c1c(C)nn(-c2ccccc2)c1C. The standard InChI is InChI=1S/C21H19N3O3/c1-13-19(14(2)24(23-13)16-9-5-4-6-10-16)20(26)21(27)22-18-12-8-7-11-17(18)15(3)25/h4-12H,1-3H3,(H,22,27). The number of amides is 1. The first-order chi connectivity index (χ1) is 12.9. The number of nitrogens with zero attached hydrogens (tertiary/aromatic N) is 2. The molecule has 3 rings (SSSR count). The lowest BCUT2D eigenvalue weighted by molar-refractivity contribution is -0.112. The molecule has 136 valence electrons. The van der Waals surface area contributed by atoms with Gasteiger partial charge in [-0.05, 0) is 45.0 Å². The second kappa shape index (κ2) is 7.37. The van der Waals surface area contributed by atoms with Crippen LogP contribution in [0, 0.1) is 13.8 Å². The van der Waals surface area contributed by atoms with Crippen molar-refractivity contribution < 1.29 is 14.4 Å². The van der Waals surface area contributed by atoms with Gasteiger partial charge in [0.2, 0.25) is 0 Å². The third-order valence-corrected chi connectivity index (χ3v) is 4.28. The summed E-state index contributed by atoms with van der Waals surface area (Å²) < 4.78 is 1.64. The second-order valence-electron chi connectivity index (χ2n) is 6.18. The van der Waals surface area contributed by atoms with Gasteiger partial charge in [-0.3, -0.25) is 14.4 Å². The molecule has 6 nitrogen and oxygen atoms in total. The van der Waals surface area contributed by atoms with E-state index in [0.717, 1.165) is 5.69 Å². The highest BCUT2D eigenvalue weighted by atomic mass is 16.2. The fourth-order valence-corrected chi connectivity index (χ4v) is 2.98. The number of aryl methyl sites for hydroxylation is 1. The fourth-order valence-electron chi connectivity index (χ4n) is 2.98. The summed E-state index contributed by atoms with van der Waals surface area (Å²) in [5, 5.41) is 6.95. The molecule has 0 unspecified atom stereocenters. The van der Waals surface area contributed by atoms with Gasteiger partial charge in [0.15, 0.2) is 5.78 Å². The minimum Gasteiger partial charge on any atom is -0.318 e. The van der Waals surface area contributed by atoms with E-state index in [0.29, 0.717) is 22.6 Å². The summed E-state index contributed by atoms with van der Waals surface area (Å²) >= 11 is 0. The maximum absolute atomic E-state index is 12.8. The van der Waals surface area contributed by atoms with Gasteiger partial charge in [0.05, 0.1) is 28.3 Å². The molecule has 1 aromatic heterocycles. The van der Waals surface area contributed by atoms with Crippen molar-refractivity contribution in [3.8, 4) is 5.69 Å². The van der Waals surface area contributed by atoms with E-state index in [1.807, 2.05) is 30.3 Å². The Bertz CT molecular complexity index is 1040. The first-order valence-electron chi connectivity index (χ1n) is 8.47. The van der Waals surface area contributed by atoms with Gasteiger partial charge in [-0.25, -0.2) is 4.68 Å². The Labute approximate surface area is 156 Å². The van der Waals surface area contributed by atoms with Crippen molar-refractivity contribution in [3.63, 3.8) is 0 Å². The Hall–Kier alpha value is -3.54. The van der Waals surface area contributed by atoms with E-state index in [1.54, 1.807) is 42.8 Å². The zero-order valence-corrected chi connectivity index (χ0v) is 15.3. The average molecular weight is 361 g/mol. The smallest absolute Gasteiger partial charge is 0.296 e. The minimum atomic E-state index is -0.803. The summed E-state index contributed by atoms with van der Waals surface area (Å²) in [5.74, 6) is -1.68. The molecule has 6 heteroatoms. The van der Waals surface area contributed by atoms with Crippen LogP contribution < -0.4 is 5.32 Å². The van der Waals surface area contributed by atoms with Crippen molar-refractivity contribution in [2.75, 3.05) is 5.32 Å². The topological polar surface area (TPSA) is 81.1 Å². The number of anilines is 1. The number of rotatable bonds is 5. The number of hydrogen-bond donors (Lipinski definition) is 1. The molecule has 0 bridgehead atoms. The van der Waals surface area contributed by atoms with Crippen LogP contribution in [-0.4, -0.2) is 27.3 Å². The molecule has 0 saturated carbocycles. The molecule has 0 saturated heterocycles. The van der Waals surface area contributed by atoms with Crippen molar-refractivity contribution in [2.24, 2.45) is 0 Å². The first-order valence-corrected chi connectivity index (χ1v) is 8.47. The number of benzene rings is 2. The minimum absolute atomic E-state index is 0.192. The highest BCUT2D eigenvalue weighted by molar-refractivity contribution is 6.47. The number of para-hydroxylation sites is 2. The highest BCUT2D eigenvalue weighted by Gasteiger charge is 2.25. The molecule has 1 amide bonds. The Morgan fingerprint density at radius 1 is 0.926 bits per heavy atom. The van der Waals surface area contributed by atoms with E-state index in [1.165, 1.54) is 6.92 Å². The normalized spacial score (nSPS) is 10.5. The Balaban J connectivity index is 1.92. The summed E-state index contributed by atoms with van der Waals surface area (Å²) in [6.07, 6.45) is 0. The molecule has 3 aromatic rings. The van der Waals surface area contributed by atoms with Crippen molar-refractivity contribution in [2.45, 2.75) is 20.8 Å².